The van der Waals surface area contributed by atoms with Gasteiger partial charge in [0.1, 0.15) is 22.9 Å². The van der Waals surface area contributed by atoms with Crippen molar-refractivity contribution >= 4 is 11.8 Å². The van der Waals surface area contributed by atoms with Crippen LogP contribution in [-0.2, 0) is 11.3 Å². The summed E-state index contributed by atoms with van der Waals surface area (Å²) in [6, 6.07) is 21.8. The minimum atomic E-state index is -0.539. The van der Waals surface area contributed by atoms with Crippen LogP contribution in [0.1, 0.15) is 20.8 Å². The molecule has 184 valence electrons. The van der Waals surface area contributed by atoms with E-state index in [1.807, 2.05) is 54.7 Å². The molecule has 1 aromatic heterocycles. The standard InChI is InChI=1S/C29H27NO6/c1-33-22-11-5-19(6-12-22)25-17-30(18-26(31)20-7-13-23(34-2)14-8-20)28(29(32)36-4)27(25)21-9-15-24(35-3)16-10-21/h5-17H,18H2,1-4H3. The first-order valence-electron chi connectivity index (χ1n) is 11.3. The molecule has 0 fully saturated rings. The number of ketones is 1. The zero-order chi connectivity index (χ0) is 25.7. The van der Waals surface area contributed by atoms with Crippen molar-refractivity contribution in [2.75, 3.05) is 28.4 Å². The van der Waals surface area contributed by atoms with Gasteiger partial charge in [-0.1, -0.05) is 24.3 Å². The number of Topliss-reactive ketones (excluding diaryl/α,β-unsaturated/α-hetero) is 1. The van der Waals surface area contributed by atoms with E-state index in [0.29, 0.717) is 28.4 Å². The lowest BCUT2D eigenvalue weighted by atomic mass is 9.96. The Kier molecular flexibility index (Phi) is 7.39. The number of rotatable bonds is 9. The lowest BCUT2D eigenvalue weighted by Gasteiger charge is -2.11. The van der Waals surface area contributed by atoms with Crippen molar-refractivity contribution in [3.63, 3.8) is 0 Å². The third kappa shape index (κ3) is 4.95. The number of nitrogens with zero attached hydrogens (tertiary/aromatic N) is 1. The molecule has 4 rings (SSSR count). The van der Waals surface area contributed by atoms with E-state index in [9.17, 15) is 9.59 Å². The summed E-state index contributed by atoms with van der Waals surface area (Å²) in [6.45, 7) is -0.0456. The van der Waals surface area contributed by atoms with Gasteiger partial charge in [-0.2, -0.15) is 0 Å². The van der Waals surface area contributed by atoms with E-state index in [4.69, 9.17) is 18.9 Å². The highest BCUT2D eigenvalue weighted by atomic mass is 16.5. The number of carbonyl (C=O) groups excluding carboxylic acids is 2. The van der Waals surface area contributed by atoms with Crippen LogP contribution in [0.2, 0.25) is 0 Å². The van der Waals surface area contributed by atoms with E-state index in [1.165, 1.54) is 7.11 Å². The summed E-state index contributed by atoms with van der Waals surface area (Å²) >= 11 is 0. The van der Waals surface area contributed by atoms with Crippen molar-refractivity contribution in [1.29, 1.82) is 0 Å². The van der Waals surface area contributed by atoms with Gasteiger partial charge in [0.05, 0.1) is 35.0 Å². The van der Waals surface area contributed by atoms with E-state index < -0.39 is 5.97 Å². The van der Waals surface area contributed by atoms with Gasteiger partial charge < -0.3 is 23.5 Å². The van der Waals surface area contributed by atoms with Crippen LogP contribution in [0, 0.1) is 0 Å². The maximum Gasteiger partial charge on any atom is 0.355 e. The monoisotopic (exact) mass is 485 g/mol. The highest BCUT2D eigenvalue weighted by Gasteiger charge is 2.26. The molecule has 0 saturated carbocycles. The summed E-state index contributed by atoms with van der Waals surface area (Å²) in [4.78, 5) is 26.3. The number of ether oxygens (including phenoxy) is 4. The van der Waals surface area contributed by atoms with Crippen LogP contribution in [0.3, 0.4) is 0 Å². The Morgan fingerprint density at radius 3 is 1.61 bits per heavy atom. The van der Waals surface area contributed by atoms with Crippen LogP contribution in [0.15, 0.2) is 79.0 Å². The van der Waals surface area contributed by atoms with Crippen molar-refractivity contribution in [2.45, 2.75) is 6.54 Å². The predicted octanol–water partition coefficient (Wildman–Crippen LogP) is 5.52. The first kappa shape index (κ1) is 24.6. The van der Waals surface area contributed by atoms with Crippen molar-refractivity contribution in [3.05, 3.63) is 90.3 Å². The second-order valence-electron chi connectivity index (χ2n) is 7.99. The van der Waals surface area contributed by atoms with Gasteiger partial charge in [0.15, 0.2) is 5.78 Å². The van der Waals surface area contributed by atoms with E-state index in [2.05, 4.69) is 0 Å². The van der Waals surface area contributed by atoms with Crippen LogP contribution in [-0.4, -0.2) is 44.8 Å². The number of aromatic nitrogens is 1. The molecule has 1 heterocycles. The lowest BCUT2D eigenvalue weighted by molar-refractivity contribution is 0.0589. The molecule has 0 radical (unpaired) electrons. The molecule has 0 amide bonds. The minimum Gasteiger partial charge on any atom is -0.497 e. The maximum atomic E-state index is 13.2. The summed E-state index contributed by atoms with van der Waals surface area (Å²) in [5.41, 5.74) is 3.90. The largest absolute Gasteiger partial charge is 0.497 e. The fraction of sp³-hybridized carbons (Fsp3) is 0.172. The quantitative estimate of drug-likeness (QED) is 0.230. The molecule has 0 aliphatic rings. The number of hydrogen-bond donors (Lipinski definition) is 0. The van der Waals surface area contributed by atoms with Gasteiger partial charge in [0.2, 0.25) is 0 Å². The summed E-state index contributed by atoms with van der Waals surface area (Å²) in [5.74, 6) is 1.38. The summed E-state index contributed by atoms with van der Waals surface area (Å²) < 4.78 is 22.6. The number of benzene rings is 3. The normalized spacial score (nSPS) is 10.6. The number of carbonyl (C=O) groups is 2. The molecule has 4 aromatic rings. The molecule has 0 atom stereocenters. The van der Waals surface area contributed by atoms with E-state index in [-0.39, 0.29) is 18.0 Å². The van der Waals surface area contributed by atoms with Crippen LogP contribution < -0.4 is 14.2 Å². The first-order chi connectivity index (χ1) is 17.5. The minimum absolute atomic E-state index is 0.0456. The Bertz CT molecular complexity index is 1350. The molecule has 7 heteroatoms. The van der Waals surface area contributed by atoms with Crippen LogP contribution >= 0.6 is 0 Å². The lowest BCUT2D eigenvalue weighted by Crippen LogP contribution is -2.16. The highest BCUT2D eigenvalue weighted by molar-refractivity contribution is 6.03. The van der Waals surface area contributed by atoms with Crippen molar-refractivity contribution < 1.29 is 28.5 Å². The molecule has 3 aromatic carbocycles. The molecule has 7 nitrogen and oxygen atoms in total. The summed E-state index contributed by atoms with van der Waals surface area (Å²) in [7, 11) is 6.10. The molecule has 0 saturated heterocycles. The molecule has 0 unspecified atom stereocenters. The van der Waals surface area contributed by atoms with Gasteiger partial charge in [-0.3, -0.25) is 4.79 Å². The van der Waals surface area contributed by atoms with Gasteiger partial charge in [0.25, 0.3) is 0 Å². The Morgan fingerprint density at radius 1 is 0.667 bits per heavy atom. The van der Waals surface area contributed by atoms with E-state index in [1.54, 1.807) is 50.2 Å². The Labute approximate surface area is 209 Å². The third-order valence-corrected chi connectivity index (χ3v) is 5.96. The predicted molar refractivity (Wildman–Crippen MR) is 137 cm³/mol. The van der Waals surface area contributed by atoms with Gasteiger partial charge in [0, 0.05) is 22.9 Å². The van der Waals surface area contributed by atoms with E-state index in [0.717, 1.165) is 16.7 Å². The zero-order valence-corrected chi connectivity index (χ0v) is 20.6. The van der Waals surface area contributed by atoms with Gasteiger partial charge >= 0.3 is 5.97 Å². The highest BCUT2D eigenvalue weighted by Crippen LogP contribution is 2.38. The molecule has 0 N–H and O–H groups in total. The SMILES string of the molecule is COC(=O)c1c(-c2ccc(OC)cc2)c(-c2ccc(OC)cc2)cn1CC(=O)c1ccc(OC)cc1. The number of hydrogen-bond acceptors (Lipinski definition) is 6. The molecule has 0 spiro atoms. The van der Waals surface area contributed by atoms with Crippen molar-refractivity contribution in [1.82, 2.24) is 4.57 Å². The fourth-order valence-corrected chi connectivity index (χ4v) is 4.06. The van der Waals surface area contributed by atoms with Crippen molar-refractivity contribution in [2.24, 2.45) is 0 Å². The smallest absolute Gasteiger partial charge is 0.355 e. The molecular weight excluding hydrogens is 458 g/mol. The van der Waals surface area contributed by atoms with Gasteiger partial charge in [-0.05, 0) is 59.7 Å². The molecule has 0 bridgehead atoms. The second kappa shape index (κ2) is 10.8. The Hall–Kier alpha value is -4.52. The Morgan fingerprint density at radius 2 is 1.14 bits per heavy atom. The van der Waals surface area contributed by atoms with Crippen LogP contribution in [0.5, 0.6) is 17.2 Å². The summed E-state index contributed by atoms with van der Waals surface area (Å²) in [5, 5.41) is 0. The van der Waals surface area contributed by atoms with Crippen LogP contribution in [0.25, 0.3) is 22.3 Å². The average Bonchev–Trinajstić information content (AvgIpc) is 3.31. The molecular formula is C29H27NO6. The van der Waals surface area contributed by atoms with Gasteiger partial charge in [-0.15, -0.1) is 0 Å². The van der Waals surface area contributed by atoms with Crippen molar-refractivity contribution in [3.8, 4) is 39.5 Å². The Balaban J connectivity index is 1.87. The van der Waals surface area contributed by atoms with Gasteiger partial charge in [-0.25, -0.2) is 4.79 Å². The fourth-order valence-electron chi connectivity index (χ4n) is 4.06. The zero-order valence-electron chi connectivity index (χ0n) is 20.6. The molecule has 0 aliphatic heterocycles. The topological polar surface area (TPSA) is 76.0 Å². The summed E-state index contributed by atoms with van der Waals surface area (Å²) in [6.07, 6.45) is 1.81. The second-order valence-corrected chi connectivity index (χ2v) is 7.99. The van der Waals surface area contributed by atoms with Crippen LogP contribution in [0.4, 0.5) is 0 Å². The first-order valence-corrected chi connectivity index (χ1v) is 11.3. The number of methoxy groups -OCH3 is 4. The molecule has 0 aliphatic carbocycles. The maximum absolute atomic E-state index is 13.2. The number of esters is 1. The molecule has 36 heavy (non-hydrogen) atoms. The van der Waals surface area contributed by atoms with E-state index >= 15 is 0 Å². The average molecular weight is 486 g/mol. The third-order valence-electron chi connectivity index (χ3n) is 5.96.